The highest BCUT2D eigenvalue weighted by atomic mass is 35.5. The minimum Gasteiger partial charge on any atom is -0.497 e. The Morgan fingerprint density at radius 3 is 2.76 bits per heavy atom. The van der Waals surface area contributed by atoms with Gasteiger partial charge in [-0.25, -0.2) is 0 Å². The monoisotopic (exact) mass is 300 g/mol. The van der Waals surface area contributed by atoms with E-state index in [0.717, 1.165) is 16.9 Å². The maximum absolute atomic E-state index is 8.83. The topological polar surface area (TPSA) is 45.0 Å². The van der Waals surface area contributed by atoms with Crippen molar-refractivity contribution in [2.75, 3.05) is 7.11 Å². The fourth-order valence-electron chi connectivity index (χ4n) is 2.05. The van der Waals surface area contributed by atoms with E-state index in [1.807, 2.05) is 24.3 Å². The molecule has 0 fully saturated rings. The molecule has 0 unspecified atom stereocenters. The summed E-state index contributed by atoms with van der Waals surface area (Å²) in [7, 11) is 1.66. The second-order valence-electron chi connectivity index (χ2n) is 4.80. The van der Waals surface area contributed by atoms with Crippen molar-refractivity contribution in [3.63, 3.8) is 0 Å². The highest BCUT2D eigenvalue weighted by Crippen LogP contribution is 2.21. The molecule has 0 aromatic heterocycles. The lowest BCUT2D eigenvalue weighted by atomic mass is 10.1. The molecule has 1 N–H and O–H groups in total. The van der Waals surface area contributed by atoms with Gasteiger partial charge in [-0.15, -0.1) is 0 Å². The molecule has 1 atom stereocenters. The van der Waals surface area contributed by atoms with Crippen LogP contribution >= 0.6 is 11.6 Å². The number of benzene rings is 2. The number of nitriles is 1. The van der Waals surface area contributed by atoms with Crippen molar-refractivity contribution < 1.29 is 4.74 Å². The van der Waals surface area contributed by atoms with Crippen LogP contribution in [0.1, 0.15) is 29.7 Å². The van der Waals surface area contributed by atoms with E-state index in [1.54, 1.807) is 19.2 Å². The molecule has 4 heteroatoms. The average Bonchev–Trinajstić information content (AvgIpc) is 2.53. The molecule has 2 aromatic carbocycles. The van der Waals surface area contributed by atoms with Crippen molar-refractivity contribution in [2.24, 2.45) is 0 Å². The van der Waals surface area contributed by atoms with Crippen molar-refractivity contribution in [3.05, 3.63) is 64.2 Å². The molecule has 0 aliphatic rings. The summed E-state index contributed by atoms with van der Waals surface area (Å²) in [6.45, 7) is 2.73. The lowest BCUT2D eigenvalue weighted by Crippen LogP contribution is -2.18. The van der Waals surface area contributed by atoms with Crippen LogP contribution in [0.2, 0.25) is 5.02 Å². The van der Waals surface area contributed by atoms with E-state index in [9.17, 15) is 0 Å². The second-order valence-corrected chi connectivity index (χ2v) is 5.20. The first-order valence-electron chi connectivity index (χ1n) is 6.70. The van der Waals surface area contributed by atoms with Gasteiger partial charge >= 0.3 is 0 Å². The molecule has 3 nitrogen and oxygen atoms in total. The molecule has 0 bridgehead atoms. The van der Waals surface area contributed by atoms with Crippen LogP contribution in [-0.4, -0.2) is 7.11 Å². The number of hydrogen-bond donors (Lipinski definition) is 1. The van der Waals surface area contributed by atoms with Crippen LogP contribution in [0.4, 0.5) is 0 Å². The minimum absolute atomic E-state index is 0.173. The first kappa shape index (κ1) is 15.4. The maximum atomic E-state index is 8.83. The van der Waals surface area contributed by atoms with Crippen molar-refractivity contribution in [2.45, 2.75) is 19.5 Å². The zero-order valence-electron chi connectivity index (χ0n) is 12.1. The summed E-state index contributed by atoms with van der Waals surface area (Å²) >= 11 is 6.17. The number of rotatable bonds is 5. The summed E-state index contributed by atoms with van der Waals surface area (Å²) < 4.78 is 5.23. The Kier molecular flexibility index (Phi) is 5.21. The normalized spacial score (nSPS) is 11.7. The van der Waals surface area contributed by atoms with Crippen LogP contribution < -0.4 is 10.1 Å². The number of nitrogens with zero attached hydrogens (tertiary/aromatic N) is 1. The van der Waals surface area contributed by atoms with Crippen molar-refractivity contribution in [3.8, 4) is 11.8 Å². The molecule has 108 valence electrons. The highest BCUT2D eigenvalue weighted by molar-refractivity contribution is 6.31. The molecule has 0 aliphatic carbocycles. The molecule has 0 radical (unpaired) electrons. The largest absolute Gasteiger partial charge is 0.497 e. The quantitative estimate of drug-likeness (QED) is 0.905. The Labute approximate surface area is 130 Å². The van der Waals surface area contributed by atoms with Gasteiger partial charge in [0.1, 0.15) is 5.75 Å². The second kappa shape index (κ2) is 7.12. The third-order valence-electron chi connectivity index (χ3n) is 3.37. The lowest BCUT2D eigenvalue weighted by molar-refractivity contribution is 0.413. The predicted octanol–water partition coefficient (Wildman–Crippen LogP) is 4.07. The molecular weight excluding hydrogens is 284 g/mol. The first-order chi connectivity index (χ1) is 10.1. The fraction of sp³-hybridized carbons (Fsp3) is 0.235. The van der Waals surface area contributed by atoms with Gasteiger partial charge in [0.25, 0.3) is 0 Å². The van der Waals surface area contributed by atoms with E-state index >= 15 is 0 Å². The minimum atomic E-state index is 0.173. The number of halogens is 1. The molecule has 2 rings (SSSR count). The number of methoxy groups -OCH3 is 1. The van der Waals surface area contributed by atoms with E-state index in [-0.39, 0.29) is 6.04 Å². The van der Waals surface area contributed by atoms with Gasteiger partial charge < -0.3 is 10.1 Å². The Morgan fingerprint density at radius 1 is 1.29 bits per heavy atom. The highest BCUT2D eigenvalue weighted by Gasteiger charge is 2.08. The van der Waals surface area contributed by atoms with Crippen LogP contribution in [0.3, 0.4) is 0 Å². The van der Waals surface area contributed by atoms with Crippen LogP contribution in [-0.2, 0) is 6.54 Å². The molecule has 0 spiro atoms. The fourth-order valence-corrected chi connectivity index (χ4v) is 2.30. The summed E-state index contributed by atoms with van der Waals surface area (Å²) in [6, 6.07) is 15.6. The Balaban J connectivity index is 2.04. The van der Waals surface area contributed by atoms with Gasteiger partial charge in [-0.2, -0.15) is 5.26 Å². The van der Waals surface area contributed by atoms with Crippen molar-refractivity contribution in [1.29, 1.82) is 5.26 Å². The molecular formula is C17H17ClN2O. The molecule has 0 amide bonds. The first-order valence-corrected chi connectivity index (χ1v) is 7.07. The number of ether oxygens (including phenoxy) is 1. The average molecular weight is 301 g/mol. The SMILES string of the molecule is COc1cccc([C@@H](C)NCc2ccc(C#N)cc2Cl)c1. The summed E-state index contributed by atoms with van der Waals surface area (Å²) in [5, 5.41) is 12.9. The molecule has 0 aliphatic heterocycles. The Morgan fingerprint density at radius 2 is 2.10 bits per heavy atom. The van der Waals surface area contributed by atoms with Crippen LogP contribution in [0.25, 0.3) is 0 Å². The maximum Gasteiger partial charge on any atom is 0.119 e. The zero-order chi connectivity index (χ0) is 15.2. The van der Waals surface area contributed by atoms with E-state index in [4.69, 9.17) is 21.6 Å². The van der Waals surface area contributed by atoms with Crippen LogP contribution in [0, 0.1) is 11.3 Å². The molecule has 0 saturated carbocycles. The van der Waals surface area contributed by atoms with E-state index in [0.29, 0.717) is 17.1 Å². The Hall–Kier alpha value is -2.02. The summed E-state index contributed by atoms with van der Waals surface area (Å²) in [5.74, 6) is 0.845. The van der Waals surface area contributed by atoms with Crippen molar-refractivity contribution in [1.82, 2.24) is 5.32 Å². The van der Waals surface area contributed by atoms with Crippen molar-refractivity contribution >= 4 is 11.6 Å². The van der Waals surface area contributed by atoms with Gasteiger partial charge in [0.05, 0.1) is 18.7 Å². The van der Waals surface area contributed by atoms with Gasteiger partial charge in [-0.3, -0.25) is 0 Å². The summed E-state index contributed by atoms with van der Waals surface area (Å²) in [4.78, 5) is 0. The smallest absolute Gasteiger partial charge is 0.119 e. The van der Waals surface area contributed by atoms with Crippen LogP contribution in [0.5, 0.6) is 5.75 Å². The van der Waals surface area contributed by atoms with E-state index in [1.165, 1.54) is 0 Å². The zero-order valence-corrected chi connectivity index (χ0v) is 12.8. The van der Waals surface area contributed by atoms with Crippen LogP contribution in [0.15, 0.2) is 42.5 Å². The van der Waals surface area contributed by atoms with Gasteiger partial charge in [0, 0.05) is 17.6 Å². The Bertz CT molecular complexity index is 664. The van der Waals surface area contributed by atoms with Gasteiger partial charge in [0.15, 0.2) is 0 Å². The summed E-state index contributed by atoms with van der Waals surface area (Å²) in [5.41, 5.74) is 2.70. The van der Waals surface area contributed by atoms with Gasteiger partial charge in [0.2, 0.25) is 0 Å². The molecule has 0 saturated heterocycles. The van der Waals surface area contributed by atoms with E-state index in [2.05, 4.69) is 24.4 Å². The summed E-state index contributed by atoms with van der Waals surface area (Å²) in [6.07, 6.45) is 0. The van der Waals surface area contributed by atoms with E-state index < -0.39 is 0 Å². The van der Waals surface area contributed by atoms with Gasteiger partial charge in [-0.05, 0) is 42.3 Å². The molecule has 21 heavy (non-hydrogen) atoms. The predicted molar refractivity (Wildman–Crippen MR) is 84.4 cm³/mol. The molecule has 0 heterocycles. The lowest BCUT2D eigenvalue weighted by Gasteiger charge is -2.16. The standard InChI is InChI=1S/C17H17ClN2O/c1-12(14-4-3-5-16(9-14)21-2)20-11-15-7-6-13(10-19)8-17(15)18/h3-9,12,20H,11H2,1-2H3/t12-/m1/s1. The third kappa shape index (κ3) is 3.98. The third-order valence-corrected chi connectivity index (χ3v) is 3.73. The molecule has 2 aromatic rings. The van der Waals surface area contributed by atoms with Gasteiger partial charge in [-0.1, -0.05) is 29.8 Å². The number of nitrogens with one attached hydrogen (secondary N) is 1. The number of hydrogen-bond acceptors (Lipinski definition) is 3.